The van der Waals surface area contributed by atoms with Crippen LogP contribution in [-0.2, 0) is 6.54 Å². The fourth-order valence-corrected chi connectivity index (χ4v) is 2.86. The maximum Gasteiger partial charge on any atom is 0.175 e. The normalized spacial score (nSPS) is 20.1. The average molecular weight is 316 g/mol. The summed E-state index contributed by atoms with van der Waals surface area (Å²) in [6.45, 7) is 2.47. The lowest BCUT2D eigenvalue weighted by atomic mass is 10.2. The van der Waals surface area contributed by atoms with Crippen LogP contribution >= 0.6 is 15.9 Å². The summed E-state index contributed by atoms with van der Waals surface area (Å²) in [6.07, 6.45) is 0.661. The van der Waals surface area contributed by atoms with Crippen molar-refractivity contribution in [3.63, 3.8) is 0 Å². The molecule has 5 heteroatoms. The standard InChI is InChI=1S/C13H18BrNO3/c1-17-11-4-3-9(12(14)13(11)18-2)7-15-6-5-10(16)8-15/h3-4,10,16H,5-8H2,1-2H3/t10-/m0/s1. The van der Waals surface area contributed by atoms with Gasteiger partial charge in [0.1, 0.15) is 0 Å². The number of aliphatic hydroxyl groups is 1. The fourth-order valence-electron chi connectivity index (χ4n) is 2.25. The van der Waals surface area contributed by atoms with Crippen molar-refractivity contribution in [2.24, 2.45) is 0 Å². The Kier molecular flexibility index (Phi) is 4.48. The molecular formula is C13H18BrNO3. The first-order chi connectivity index (χ1) is 8.65. The van der Waals surface area contributed by atoms with E-state index in [-0.39, 0.29) is 6.10 Å². The summed E-state index contributed by atoms with van der Waals surface area (Å²) >= 11 is 3.56. The molecule has 0 aromatic heterocycles. The lowest BCUT2D eigenvalue weighted by Gasteiger charge is -2.18. The molecule has 1 aromatic rings. The molecule has 1 heterocycles. The van der Waals surface area contributed by atoms with Gasteiger partial charge < -0.3 is 14.6 Å². The van der Waals surface area contributed by atoms with E-state index in [4.69, 9.17) is 9.47 Å². The van der Waals surface area contributed by atoms with Crippen LogP contribution in [0.3, 0.4) is 0 Å². The number of β-amino-alcohol motifs (C(OH)–C–C–N with tert-alkyl or cyclic N) is 1. The quantitative estimate of drug-likeness (QED) is 0.923. The van der Waals surface area contributed by atoms with E-state index >= 15 is 0 Å². The van der Waals surface area contributed by atoms with E-state index < -0.39 is 0 Å². The molecule has 0 aliphatic carbocycles. The zero-order valence-electron chi connectivity index (χ0n) is 10.6. The van der Waals surface area contributed by atoms with Gasteiger partial charge in [-0.05, 0) is 34.0 Å². The first-order valence-electron chi connectivity index (χ1n) is 5.95. The van der Waals surface area contributed by atoms with Gasteiger partial charge in [0.05, 0.1) is 24.8 Å². The Morgan fingerprint density at radius 2 is 2.17 bits per heavy atom. The number of hydrogen-bond acceptors (Lipinski definition) is 4. The molecule has 18 heavy (non-hydrogen) atoms. The van der Waals surface area contributed by atoms with Gasteiger partial charge in [-0.2, -0.15) is 0 Å². The Bertz CT molecular complexity index is 425. The molecule has 2 rings (SSSR count). The lowest BCUT2D eigenvalue weighted by molar-refractivity contribution is 0.174. The first kappa shape index (κ1) is 13.6. The summed E-state index contributed by atoms with van der Waals surface area (Å²) in [5.74, 6) is 1.43. The molecule has 4 nitrogen and oxygen atoms in total. The number of nitrogens with zero attached hydrogens (tertiary/aromatic N) is 1. The molecular weight excluding hydrogens is 298 g/mol. The van der Waals surface area contributed by atoms with E-state index in [1.54, 1.807) is 14.2 Å². The molecule has 1 saturated heterocycles. The molecule has 1 aliphatic rings. The highest BCUT2D eigenvalue weighted by molar-refractivity contribution is 9.10. The van der Waals surface area contributed by atoms with Gasteiger partial charge in [0.25, 0.3) is 0 Å². The Morgan fingerprint density at radius 3 is 2.72 bits per heavy atom. The third-order valence-corrected chi connectivity index (χ3v) is 4.08. The summed E-state index contributed by atoms with van der Waals surface area (Å²) in [7, 11) is 3.26. The van der Waals surface area contributed by atoms with E-state index in [9.17, 15) is 5.11 Å². The van der Waals surface area contributed by atoms with Crippen LogP contribution in [-0.4, -0.2) is 43.4 Å². The van der Waals surface area contributed by atoms with Crippen molar-refractivity contribution in [1.82, 2.24) is 4.90 Å². The molecule has 0 unspecified atom stereocenters. The first-order valence-corrected chi connectivity index (χ1v) is 6.74. The van der Waals surface area contributed by atoms with E-state index in [0.29, 0.717) is 0 Å². The van der Waals surface area contributed by atoms with Crippen LogP contribution in [0.2, 0.25) is 0 Å². The van der Waals surface area contributed by atoms with Crippen molar-refractivity contribution in [2.45, 2.75) is 19.1 Å². The second kappa shape index (κ2) is 5.91. The van der Waals surface area contributed by atoms with Gasteiger partial charge in [0.2, 0.25) is 0 Å². The molecule has 1 aliphatic heterocycles. The molecule has 0 bridgehead atoms. The number of aliphatic hydroxyl groups excluding tert-OH is 1. The summed E-state index contributed by atoms with van der Waals surface area (Å²) in [6, 6.07) is 3.93. The highest BCUT2D eigenvalue weighted by Crippen LogP contribution is 2.38. The molecule has 0 amide bonds. The van der Waals surface area contributed by atoms with Gasteiger partial charge in [-0.25, -0.2) is 0 Å². The number of likely N-dealkylation sites (tertiary alicyclic amines) is 1. The van der Waals surface area contributed by atoms with Gasteiger partial charge in [-0.1, -0.05) is 6.07 Å². The zero-order chi connectivity index (χ0) is 13.1. The Morgan fingerprint density at radius 1 is 1.39 bits per heavy atom. The molecule has 0 spiro atoms. The number of hydrogen-bond donors (Lipinski definition) is 1. The van der Waals surface area contributed by atoms with Crippen LogP contribution in [0.15, 0.2) is 16.6 Å². The summed E-state index contributed by atoms with van der Waals surface area (Å²) < 4.78 is 11.5. The lowest BCUT2D eigenvalue weighted by Crippen LogP contribution is -2.21. The molecule has 100 valence electrons. The van der Waals surface area contributed by atoms with Crippen LogP contribution in [0.1, 0.15) is 12.0 Å². The van der Waals surface area contributed by atoms with Gasteiger partial charge >= 0.3 is 0 Å². The fraction of sp³-hybridized carbons (Fsp3) is 0.538. The number of methoxy groups -OCH3 is 2. The summed E-state index contributed by atoms with van der Waals surface area (Å²) in [5.41, 5.74) is 1.14. The van der Waals surface area contributed by atoms with Crippen LogP contribution in [0.25, 0.3) is 0 Å². The Balaban J connectivity index is 2.18. The van der Waals surface area contributed by atoms with Gasteiger partial charge in [-0.3, -0.25) is 4.90 Å². The predicted molar refractivity (Wildman–Crippen MR) is 73.1 cm³/mol. The molecule has 1 atom stereocenters. The van der Waals surface area contributed by atoms with Gasteiger partial charge in [0, 0.05) is 19.6 Å². The Labute approximate surface area is 116 Å². The topological polar surface area (TPSA) is 41.9 Å². The highest BCUT2D eigenvalue weighted by Gasteiger charge is 2.22. The smallest absolute Gasteiger partial charge is 0.175 e. The van der Waals surface area contributed by atoms with Crippen molar-refractivity contribution in [3.05, 3.63) is 22.2 Å². The largest absolute Gasteiger partial charge is 0.493 e. The van der Waals surface area contributed by atoms with Gasteiger partial charge in [-0.15, -0.1) is 0 Å². The number of rotatable bonds is 4. The maximum atomic E-state index is 9.53. The van der Waals surface area contributed by atoms with Crippen molar-refractivity contribution < 1.29 is 14.6 Å². The minimum atomic E-state index is -0.191. The van der Waals surface area contributed by atoms with E-state index in [1.807, 2.05) is 12.1 Å². The van der Waals surface area contributed by atoms with Crippen LogP contribution in [0.4, 0.5) is 0 Å². The Hall–Kier alpha value is -0.780. The monoisotopic (exact) mass is 315 g/mol. The van der Waals surface area contributed by atoms with E-state index in [1.165, 1.54) is 0 Å². The molecule has 0 radical (unpaired) electrons. The average Bonchev–Trinajstić information content (AvgIpc) is 2.77. The van der Waals surface area contributed by atoms with Crippen molar-refractivity contribution in [2.75, 3.05) is 27.3 Å². The SMILES string of the molecule is COc1ccc(CN2CC[C@H](O)C2)c(Br)c1OC. The number of benzene rings is 1. The van der Waals surface area contributed by atoms with Crippen LogP contribution < -0.4 is 9.47 Å². The third-order valence-electron chi connectivity index (χ3n) is 3.21. The predicted octanol–water partition coefficient (Wildman–Crippen LogP) is 2.03. The zero-order valence-corrected chi connectivity index (χ0v) is 12.2. The maximum absolute atomic E-state index is 9.53. The third kappa shape index (κ3) is 2.79. The summed E-state index contributed by atoms with van der Waals surface area (Å²) in [5, 5.41) is 9.53. The minimum absolute atomic E-state index is 0.191. The van der Waals surface area contributed by atoms with Crippen LogP contribution in [0, 0.1) is 0 Å². The molecule has 1 aromatic carbocycles. The van der Waals surface area contributed by atoms with Crippen molar-refractivity contribution in [3.8, 4) is 11.5 Å². The molecule has 1 fully saturated rings. The van der Waals surface area contributed by atoms with E-state index in [2.05, 4.69) is 20.8 Å². The van der Waals surface area contributed by atoms with Gasteiger partial charge in [0.15, 0.2) is 11.5 Å². The van der Waals surface area contributed by atoms with Crippen LogP contribution in [0.5, 0.6) is 11.5 Å². The molecule has 1 N–H and O–H groups in total. The van der Waals surface area contributed by atoms with E-state index in [0.717, 1.165) is 47.6 Å². The van der Waals surface area contributed by atoms with Crippen molar-refractivity contribution in [1.29, 1.82) is 0 Å². The van der Waals surface area contributed by atoms with Crippen molar-refractivity contribution >= 4 is 15.9 Å². The molecule has 0 saturated carbocycles. The number of ether oxygens (including phenoxy) is 2. The summed E-state index contributed by atoms with van der Waals surface area (Å²) in [4.78, 5) is 2.23. The second-order valence-electron chi connectivity index (χ2n) is 4.45. The highest BCUT2D eigenvalue weighted by atomic mass is 79.9. The second-order valence-corrected chi connectivity index (χ2v) is 5.24. The minimum Gasteiger partial charge on any atom is -0.493 e. The number of halogens is 1.